The zero-order valence-corrected chi connectivity index (χ0v) is 19.1. The Labute approximate surface area is 183 Å². The van der Waals surface area contributed by atoms with E-state index in [0.717, 1.165) is 29.6 Å². The van der Waals surface area contributed by atoms with Gasteiger partial charge in [-0.15, -0.1) is 0 Å². The number of hydrogen-bond donors (Lipinski definition) is 0. The van der Waals surface area contributed by atoms with Crippen LogP contribution in [0.5, 0.6) is 0 Å². The molecule has 2 aliphatic rings. The molecule has 26 heavy (non-hydrogen) atoms. The highest BCUT2D eigenvalue weighted by molar-refractivity contribution is 6.42. The molecule has 144 valence electrons. The topological polar surface area (TPSA) is 20.3 Å². The van der Waals surface area contributed by atoms with Gasteiger partial charge in [-0.25, -0.2) is 0 Å². The van der Waals surface area contributed by atoms with E-state index >= 15 is 0 Å². The Bertz CT molecular complexity index is 672. The fraction of sp³-hybridized carbons (Fsp3) is 0.550. The summed E-state index contributed by atoms with van der Waals surface area (Å²) < 4.78 is 1.04. The van der Waals surface area contributed by atoms with Gasteiger partial charge in [0, 0.05) is 13.5 Å². The Morgan fingerprint density at radius 2 is 1.81 bits per heavy atom. The highest BCUT2D eigenvalue weighted by atomic mass is 127. The van der Waals surface area contributed by atoms with Gasteiger partial charge in [-0.05, 0) is 42.7 Å². The number of halogens is 3. The van der Waals surface area contributed by atoms with Crippen LogP contribution in [-0.4, -0.2) is 54.6 Å². The summed E-state index contributed by atoms with van der Waals surface area (Å²) in [6, 6.07) is 6.28. The number of carbonyl (C=O) groups excluding carboxylic acids is 1. The van der Waals surface area contributed by atoms with E-state index in [1.807, 2.05) is 18.0 Å². The SMILES string of the molecule is CN(C(=O)Cc1ccc(Cl)c(Cl)c1)[C@@H]1CCCC[C@H]1[N+]1(C)CC=CC1.[I-]. The van der Waals surface area contributed by atoms with Gasteiger partial charge in [0.1, 0.15) is 6.04 Å². The van der Waals surface area contributed by atoms with E-state index in [1.165, 1.54) is 19.3 Å². The molecule has 0 N–H and O–H groups in total. The van der Waals surface area contributed by atoms with Gasteiger partial charge in [-0.1, -0.05) is 35.7 Å². The predicted molar refractivity (Wildman–Crippen MR) is 104 cm³/mol. The van der Waals surface area contributed by atoms with Crippen LogP contribution in [0.3, 0.4) is 0 Å². The molecule has 0 bridgehead atoms. The molecule has 0 aromatic heterocycles. The summed E-state index contributed by atoms with van der Waals surface area (Å²) in [5, 5.41) is 1.03. The highest BCUT2D eigenvalue weighted by Gasteiger charge is 2.43. The number of likely N-dealkylation sites (N-methyl/N-ethyl adjacent to an activating group) is 2. The molecule has 1 aliphatic heterocycles. The summed E-state index contributed by atoms with van der Waals surface area (Å²) in [6.07, 6.45) is 9.71. The van der Waals surface area contributed by atoms with Crippen molar-refractivity contribution in [1.82, 2.24) is 4.90 Å². The van der Waals surface area contributed by atoms with Crippen molar-refractivity contribution in [3.8, 4) is 0 Å². The van der Waals surface area contributed by atoms with Crippen molar-refractivity contribution in [3.63, 3.8) is 0 Å². The van der Waals surface area contributed by atoms with Crippen LogP contribution in [0, 0.1) is 0 Å². The number of quaternary nitrogens is 1. The van der Waals surface area contributed by atoms with Crippen LogP contribution in [0.1, 0.15) is 31.2 Å². The van der Waals surface area contributed by atoms with E-state index in [9.17, 15) is 4.79 Å². The Kier molecular flexibility index (Phi) is 7.84. The first-order chi connectivity index (χ1) is 11.9. The molecule has 0 spiro atoms. The van der Waals surface area contributed by atoms with Crippen LogP contribution in [0.25, 0.3) is 0 Å². The first-order valence-corrected chi connectivity index (χ1v) is 9.85. The molecule has 1 aliphatic carbocycles. The van der Waals surface area contributed by atoms with Crippen LogP contribution >= 0.6 is 23.2 Å². The molecular formula is C20H27Cl2IN2O. The number of nitrogens with zero attached hydrogens (tertiary/aromatic N) is 2. The van der Waals surface area contributed by atoms with Crippen molar-refractivity contribution in [1.29, 1.82) is 0 Å². The molecule has 6 heteroatoms. The van der Waals surface area contributed by atoms with Gasteiger partial charge >= 0.3 is 0 Å². The lowest BCUT2D eigenvalue weighted by Crippen LogP contribution is -3.00. The molecule has 0 saturated heterocycles. The third kappa shape index (κ3) is 4.75. The molecule has 1 saturated carbocycles. The number of benzene rings is 1. The van der Waals surface area contributed by atoms with Gasteiger partial charge in [0.25, 0.3) is 0 Å². The van der Waals surface area contributed by atoms with Crippen LogP contribution in [-0.2, 0) is 11.2 Å². The Morgan fingerprint density at radius 3 is 2.46 bits per heavy atom. The Morgan fingerprint density at radius 1 is 1.15 bits per heavy atom. The first kappa shape index (κ1) is 22.0. The van der Waals surface area contributed by atoms with Crippen molar-refractivity contribution in [2.45, 2.75) is 44.2 Å². The quantitative estimate of drug-likeness (QED) is 0.341. The maximum absolute atomic E-state index is 12.9. The fourth-order valence-corrected chi connectivity index (χ4v) is 4.70. The van der Waals surface area contributed by atoms with E-state index in [-0.39, 0.29) is 29.9 Å². The number of amides is 1. The van der Waals surface area contributed by atoms with E-state index in [2.05, 4.69) is 19.2 Å². The van der Waals surface area contributed by atoms with Crippen LogP contribution in [0.15, 0.2) is 30.4 Å². The molecule has 1 amide bonds. The summed E-state index contributed by atoms with van der Waals surface area (Å²) in [5.74, 6) is 0.161. The molecule has 3 nitrogen and oxygen atoms in total. The highest BCUT2D eigenvalue weighted by Crippen LogP contribution is 2.32. The molecule has 1 aromatic rings. The molecule has 1 heterocycles. The Hall–Kier alpha value is -0.300. The van der Waals surface area contributed by atoms with E-state index in [0.29, 0.717) is 28.5 Å². The molecule has 3 rings (SSSR count). The minimum atomic E-state index is 0. The minimum absolute atomic E-state index is 0. The molecular weight excluding hydrogens is 482 g/mol. The zero-order valence-electron chi connectivity index (χ0n) is 15.4. The monoisotopic (exact) mass is 508 g/mol. The standard InChI is InChI=1S/C20H27Cl2N2O.HI/c1-23(20(25)14-15-9-10-16(21)17(22)13-15)18-7-3-4-8-19(18)24(2)11-5-6-12-24;/h5-6,9-10,13,18-19H,3-4,7-8,11-12,14H2,1-2H3;1H/q+1;/p-1/t18-,19-;/m1./s1. The maximum atomic E-state index is 12.9. The van der Waals surface area contributed by atoms with Crippen molar-refractivity contribution in [2.24, 2.45) is 0 Å². The van der Waals surface area contributed by atoms with Crippen molar-refractivity contribution in [3.05, 3.63) is 46.0 Å². The largest absolute Gasteiger partial charge is 1.00 e. The molecule has 2 atom stereocenters. The van der Waals surface area contributed by atoms with Gasteiger partial charge in [0.15, 0.2) is 0 Å². The lowest BCUT2D eigenvalue weighted by Gasteiger charge is -2.47. The second kappa shape index (κ2) is 9.26. The summed E-state index contributed by atoms with van der Waals surface area (Å²) in [5.41, 5.74) is 0.918. The average Bonchev–Trinajstić information content (AvgIpc) is 3.05. The third-order valence-electron chi connectivity index (χ3n) is 5.94. The van der Waals surface area contributed by atoms with Gasteiger partial charge in [-0.3, -0.25) is 4.79 Å². The van der Waals surface area contributed by atoms with E-state index in [1.54, 1.807) is 12.1 Å². The van der Waals surface area contributed by atoms with Crippen LogP contribution in [0.4, 0.5) is 0 Å². The van der Waals surface area contributed by atoms with Gasteiger partial charge in [0.05, 0.1) is 42.6 Å². The summed E-state index contributed by atoms with van der Waals surface area (Å²) in [7, 11) is 4.30. The second-order valence-corrected chi connectivity index (χ2v) is 8.48. The Balaban J connectivity index is 0.00000243. The van der Waals surface area contributed by atoms with Crippen LogP contribution < -0.4 is 24.0 Å². The first-order valence-electron chi connectivity index (χ1n) is 9.09. The molecule has 0 radical (unpaired) electrons. The van der Waals surface area contributed by atoms with Gasteiger partial charge < -0.3 is 33.4 Å². The van der Waals surface area contributed by atoms with Crippen LogP contribution in [0.2, 0.25) is 10.0 Å². The van der Waals surface area contributed by atoms with Crippen molar-refractivity contribution < 1.29 is 33.3 Å². The number of rotatable bonds is 4. The van der Waals surface area contributed by atoms with Gasteiger partial charge in [0.2, 0.25) is 5.91 Å². The normalized spacial score (nSPS) is 24.2. The van der Waals surface area contributed by atoms with Gasteiger partial charge in [-0.2, -0.15) is 0 Å². The molecule has 1 fully saturated rings. The number of carbonyl (C=O) groups is 1. The summed E-state index contributed by atoms with van der Waals surface area (Å²) in [6.45, 7) is 2.16. The maximum Gasteiger partial charge on any atom is 0.227 e. The smallest absolute Gasteiger partial charge is 0.227 e. The second-order valence-electron chi connectivity index (χ2n) is 7.66. The zero-order chi connectivity index (χ0) is 18.0. The van der Waals surface area contributed by atoms with Crippen molar-refractivity contribution in [2.75, 3.05) is 27.2 Å². The molecule has 0 unspecified atom stereocenters. The van der Waals surface area contributed by atoms with E-state index < -0.39 is 0 Å². The van der Waals surface area contributed by atoms with E-state index in [4.69, 9.17) is 23.2 Å². The summed E-state index contributed by atoms with van der Waals surface area (Å²) in [4.78, 5) is 14.9. The third-order valence-corrected chi connectivity index (χ3v) is 6.68. The number of hydrogen-bond acceptors (Lipinski definition) is 1. The summed E-state index contributed by atoms with van der Waals surface area (Å²) >= 11 is 12.1. The lowest BCUT2D eigenvalue weighted by molar-refractivity contribution is -0.921. The lowest BCUT2D eigenvalue weighted by atomic mass is 9.86. The molecule has 1 aromatic carbocycles. The predicted octanol–water partition coefficient (Wildman–Crippen LogP) is 1.33. The fourth-order valence-electron chi connectivity index (χ4n) is 4.38. The average molecular weight is 509 g/mol. The minimum Gasteiger partial charge on any atom is -1.00 e. The van der Waals surface area contributed by atoms with Crippen molar-refractivity contribution >= 4 is 29.1 Å².